The van der Waals surface area contributed by atoms with Crippen LogP contribution < -0.4 is 5.73 Å². The number of allylic oxidation sites excluding steroid dienone is 3. The first-order valence-electron chi connectivity index (χ1n) is 5.55. The number of hydrogen-bond acceptors (Lipinski definition) is 3. The average molecular weight is 223 g/mol. The van der Waals surface area contributed by atoms with Crippen LogP contribution in [0.5, 0.6) is 0 Å². The van der Waals surface area contributed by atoms with E-state index >= 15 is 0 Å². The van der Waals surface area contributed by atoms with E-state index in [-0.39, 0.29) is 6.04 Å². The third kappa shape index (κ3) is 2.67. The van der Waals surface area contributed by atoms with Crippen molar-refractivity contribution in [2.45, 2.75) is 32.2 Å². The zero-order valence-electron chi connectivity index (χ0n) is 10.4. The standard InChI is InChI=1S/C13H21NO2/c1-5-13(16-4)12-8-10(14)6-7-11(12)9(2)15-3/h5,10H,2,6-8,14H2,1,3-4H3/b13-5+. The molecule has 0 amide bonds. The van der Waals surface area contributed by atoms with E-state index in [2.05, 4.69) is 6.58 Å². The van der Waals surface area contributed by atoms with Gasteiger partial charge in [-0.15, -0.1) is 0 Å². The number of methoxy groups -OCH3 is 2. The quantitative estimate of drug-likeness (QED) is 0.745. The molecule has 0 radical (unpaired) electrons. The van der Waals surface area contributed by atoms with E-state index in [4.69, 9.17) is 15.2 Å². The van der Waals surface area contributed by atoms with Gasteiger partial charge in [0.05, 0.1) is 14.2 Å². The van der Waals surface area contributed by atoms with Gasteiger partial charge in [0, 0.05) is 17.2 Å². The Hall–Kier alpha value is -1.22. The highest BCUT2D eigenvalue weighted by Gasteiger charge is 2.23. The molecule has 0 saturated carbocycles. The summed E-state index contributed by atoms with van der Waals surface area (Å²) in [6.07, 6.45) is 4.66. The minimum absolute atomic E-state index is 0.202. The zero-order chi connectivity index (χ0) is 12.1. The first-order valence-corrected chi connectivity index (χ1v) is 5.55. The molecular weight excluding hydrogens is 202 g/mol. The molecule has 0 bridgehead atoms. The maximum absolute atomic E-state index is 5.99. The smallest absolute Gasteiger partial charge is 0.118 e. The van der Waals surface area contributed by atoms with Crippen molar-refractivity contribution < 1.29 is 9.47 Å². The molecule has 0 heterocycles. The second-order valence-electron chi connectivity index (χ2n) is 3.94. The Labute approximate surface area is 97.6 Å². The van der Waals surface area contributed by atoms with Crippen molar-refractivity contribution in [2.75, 3.05) is 14.2 Å². The van der Waals surface area contributed by atoms with E-state index in [1.165, 1.54) is 0 Å². The second kappa shape index (κ2) is 5.75. The van der Waals surface area contributed by atoms with Crippen molar-refractivity contribution in [3.05, 3.63) is 35.3 Å². The van der Waals surface area contributed by atoms with Crippen LogP contribution in [0.2, 0.25) is 0 Å². The molecule has 3 heteroatoms. The molecule has 0 spiro atoms. The lowest BCUT2D eigenvalue weighted by atomic mass is 9.86. The first-order chi connectivity index (χ1) is 7.63. The molecule has 1 atom stereocenters. The van der Waals surface area contributed by atoms with Crippen LogP contribution in [0.4, 0.5) is 0 Å². The Morgan fingerprint density at radius 1 is 1.38 bits per heavy atom. The molecule has 0 aromatic rings. The van der Waals surface area contributed by atoms with Gasteiger partial charge in [-0.05, 0) is 32.3 Å². The summed E-state index contributed by atoms with van der Waals surface area (Å²) < 4.78 is 10.6. The molecule has 0 aromatic carbocycles. The summed E-state index contributed by atoms with van der Waals surface area (Å²) in [6.45, 7) is 5.88. The zero-order valence-corrected chi connectivity index (χ0v) is 10.4. The lowest BCUT2D eigenvalue weighted by molar-refractivity contribution is 0.280. The molecule has 3 nitrogen and oxygen atoms in total. The summed E-state index contributed by atoms with van der Waals surface area (Å²) >= 11 is 0. The molecule has 1 aliphatic carbocycles. The van der Waals surface area contributed by atoms with Gasteiger partial charge in [0.2, 0.25) is 0 Å². The molecule has 90 valence electrons. The van der Waals surface area contributed by atoms with Crippen LogP contribution in [0.25, 0.3) is 0 Å². The van der Waals surface area contributed by atoms with E-state index in [1.807, 2.05) is 13.0 Å². The highest BCUT2D eigenvalue weighted by atomic mass is 16.5. The summed E-state index contributed by atoms with van der Waals surface area (Å²) in [6, 6.07) is 0.202. The van der Waals surface area contributed by atoms with Gasteiger partial charge in [-0.1, -0.05) is 6.58 Å². The number of nitrogens with two attached hydrogens (primary N) is 1. The third-order valence-corrected chi connectivity index (χ3v) is 2.96. The number of ether oxygens (including phenoxy) is 2. The molecule has 2 N–H and O–H groups in total. The Bertz CT molecular complexity index is 329. The van der Waals surface area contributed by atoms with Crippen molar-refractivity contribution in [3.8, 4) is 0 Å². The monoisotopic (exact) mass is 223 g/mol. The van der Waals surface area contributed by atoms with Gasteiger partial charge < -0.3 is 15.2 Å². The predicted octanol–water partition coefficient (Wildman–Crippen LogP) is 2.50. The van der Waals surface area contributed by atoms with Crippen LogP contribution in [0.1, 0.15) is 26.2 Å². The second-order valence-corrected chi connectivity index (χ2v) is 3.94. The Kier molecular flexibility index (Phi) is 4.62. The molecule has 1 unspecified atom stereocenters. The van der Waals surface area contributed by atoms with Gasteiger partial charge in [-0.3, -0.25) is 0 Å². The van der Waals surface area contributed by atoms with Gasteiger partial charge in [0.15, 0.2) is 0 Å². The Morgan fingerprint density at radius 2 is 2.06 bits per heavy atom. The van der Waals surface area contributed by atoms with Gasteiger partial charge in [-0.25, -0.2) is 0 Å². The molecule has 1 aliphatic rings. The first kappa shape index (κ1) is 12.8. The fourth-order valence-corrected chi connectivity index (χ4v) is 2.06. The van der Waals surface area contributed by atoms with Gasteiger partial charge in [0.1, 0.15) is 11.5 Å². The Morgan fingerprint density at radius 3 is 2.56 bits per heavy atom. The van der Waals surface area contributed by atoms with Crippen LogP contribution in [-0.2, 0) is 9.47 Å². The molecule has 16 heavy (non-hydrogen) atoms. The van der Waals surface area contributed by atoms with Crippen molar-refractivity contribution in [1.29, 1.82) is 0 Å². The van der Waals surface area contributed by atoms with Crippen LogP contribution in [0.3, 0.4) is 0 Å². The van der Waals surface area contributed by atoms with Gasteiger partial charge >= 0.3 is 0 Å². The van der Waals surface area contributed by atoms with E-state index in [0.717, 1.165) is 41.9 Å². The molecular formula is C13H21NO2. The van der Waals surface area contributed by atoms with Crippen LogP contribution in [-0.4, -0.2) is 20.3 Å². The number of rotatable bonds is 4. The SMILES string of the molecule is C=C(OC)C1=C(/C(=C\C)OC)CC(N)CC1. The lowest BCUT2D eigenvalue weighted by Crippen LogP contribution is -2.26. The minimum Gasteiger partial charge on any atom is -0.497 e. The van der Waals surface area contributed by atoms with Gasteiger partial charge in [0.25, 0.3) is 0 Å². The average Bonchev–Trinajstić information content (AvgIpc) is 2.30. The van der Waals surface area contributed by atoms with Crippen LogP contribution in [0, 0.1) is 0 Å². The lowest BCUT2D eigenvalue weighted by Gasteiger charge is -2.26. The van der Waals surface area contributed by atoms with Crippen molar-refractivity contribution in [2.24, 2.45) is 5.73 Å². The third-order valence-electron chi connectivity index (χ3n) is 2.96. The van der Waals surface area contributed by atoms with E-state index in [1.54, 1.807) is 14.2 Å². The summed E-state index contributed by atoms with van der Waals surface area (Å²) in [5, 5.41) is 0. The maximum Gasteiger partial charge on any atom is 0.118 e. The van der Waals surface area contributed by atoms with Crippen molar-refractivity contribution >= 4 is 0 Å². The highest BCUT2D eigenvalue weighted by molar-refractivity contribution is 5.41. The van der Waals surface area contributed by atoms with Gasteiger partial charge in [-0.2, -0.15) is 0 Å². The molecule has 1 rings (SSSR count). The van der Waals surface area contributed by atoms with Crippen LogP contribution in [0.15, 0.2) is 35.3 Å². The summed E-state index contributed by atoms with van der Waals surface area (Å²) in [5.41, 5.74) is 8.26. The summed E-state index contributed by atoms with van der Waals surface area (Å²) in [4.78, 5) is 0. The highest BCUT2D eigenvalue weighted by Crippen LogP contribution is 2.33. The molecule has 0 aromatic heterocycles. The fourth-order valence-electron chi connectivity index (χ4n) is 2.06. The minimum atomic E-state index is 0.202. The van der Waals surface area contributed by atoms with E-state index in [0.29, 0.717) is 0 Å². The maximum atomic E-state index is 5.99. The normalized spacial score (nSPS) is 22.0. The van der Waals surface area contributed by atoms with E-state index in [9.17, 15) is 0 Å². The molecule has 0 aliphatic heterocycles. The largest absolute Gasteiger partial charge is 0.497 e. The summed E-state index contributed by atoms with van der Waals surface area (Å²) in [7, 11) is 3.32. The van der Waals surface area contributed by atoms with E-state index < -0.39 is 0 Å². The van der Waals surface area contributed by atoms with Crippen LogP contribution >= 0.6 is 0 Å². The number of hydrogen-bond donors (Lipinski definition) is 1. The molecule has 0 fully saturated rings. The predicted molar refractivity (Wildman–Crippen MR) is 65.8 cm³/mol. The topological polar surface area (TPSA) is 44.5 Å². The summed E-state index contributed by atoms with van der Waals surface area (Å²) in [5.74, 6) is 1.60. The van der Waals surface area contributed by atoms with Crippen molar-refractivity contribution in [3.63, 3.8) is 0 Å². The van der Waals surface area contributed by atoms with Crippen molar-refractivity contribution in [1.82, 2.24) is 0 Å². The molecule has 0 saturated heterocycles. The Balaban J connectivity index is 3.10. The fraction of sp³-hybridized carbons (Fsp3) is 0.538.